The molecule has 7 nitrogen and oxygen atoms in total. The van der Waals surface area contributed by atoms with E-state index in [9.17, 15) is 4.79 Å². The van der Waals surface area contributed by atoms with E-state index in [1.807, 2.05) is 43.9 Å². The maximum atomic E-state index is 12.8. The molecule has 1 aliphatic heterocycles. The monoisotopic (exact) mass is 415 g/mol. The summed E-state index contributed by atoms with van der Waals surface area (Å²) < 4.78 is 16.7. The van der Waals surface area contributed by atoms with E-state index in [-0.39, 0.29) is 11.8 Å². The Kier molecular flexibility index (Phi) is 7.37. The molecule has 164 valence electrons. The fourth-order valence-electron chi connectivity index (χ4n) is 4.07. The molecule has 0 radical (unpaired) electrons. The Labute approximate surface area is 179 Å². The van der Waals surface area contributed by atoms with Crippen molar-refractivity contribution < 1.29 is 18.7 Å². The highest BCUT2D eigenvalue weighted by atomic mass is 16.5. The van der Waals surface area contributed by atoms with E-state index in [0.29, 0.717) is 18.2 Å². The van der Waals surface area contributed by atoms with E-state index in [0.717, 1.165) is 61.8 Å². The Bertz CT molecular complexity index is 860. The Hall–Kier alpha value is -2.54. The highest BCUT2D eigenvalue weighted by Crippen LogP contribution is 2.34. The summed E-state index contributed by atoms with van der Waals surface area (Å²) in [5.74, 6) is 3.04. The van der Waals surface area contributed by atoms with Crippen LogP contribution >= 0.6 is 0 Å². The smallest absolute Gasteiger partial charge is 0.230 e. The van der Waals surface area contributed by atoms with Crippen molar-refractivity contribution in [3.05, 3.63) is 29.7 Å². The van der Waals surface area contributed by atoms with Gasteiger partial charge in [0.2, 0.25) is 11.8 Å². The molecule has 2 aromatic rings. The van der Waals surface area contributed by atoms with Crippen molar-refractivity contribution in [2.75, 3.05) is 40.4 Å². The number of likely N-dealkylation sites (tertiary alicyclic amines) is 1. The quantitative estimate of drug-likeness (QED) is 0.654. The number of oxazole rings is 1. The number of rotatable bonds is 8. The van der Waals surface area contributed by atoms with E-state index in [4.69, 9.17) is 18.9 Å². The van der Waals surface area contributed by atoms with Gasteiger partial charge in [-0.3, -0.25) is 9.69 Å². The lowest BCUT2D eigenvalue weighted by Gasteiger charge is -2.34. The summed E-state index contributed by atoms with van der Waals surface area (Å²) in [7, 11) is 3.24. The van der Waals surface area contributed by atoms with Crippen molar-refractivity contribution in [3.63, 3.8) is 0 Å². The summed E-state index contributed by atoms with van der Waals surface area (Å²) in [6.07, 6.45) is 1.98. The number of aromatic nitrogens is 1. The maximum Gasteiger partial charge on any atom is 0.230 e. The number of hydrogen-bond donors (Lipinski definition) is 0. The minimum Gasteiger partial charge on any atom is -0.497 e. The summed E-state index contributed by atoms with van der Waals surface area (Å²) in [5, 5.41) is 0. The third-order valence-corrected chi connectivity index (χ3v) is 5.84. The second-order valence-electron chi connectivity index (χ2n) is 7.67. The van der Waals surface area contributed by atoms with Gasteiger partial charge in [-0.2, -0.15) is 0 Å². The first-order valence-corrected chi connectivity index (χ1v) is 10.7. The van der Waals surface area contributed by atoms with Crippen molar-refractivity contribution in [1.29, 1.82) is 0 Å². The van der Waals surface area contributed by atoms with E-state index in [2.05, 4.69) is 4.90 Å². The molecule has 1 amide bonds. The van der Waals surface area contributed by atoms with Crippen LogP contribution in [0.4, 0.5) is 0 Å². The molecule has 0 bridgehead atoms. The summed E-state index contributed by atoms with van der Waals surface area (Å²) >= 11 is 0. The van der Waals surface area contributed by atoms with Crippen molar-refractivity contribution in [2.24, 2.45) is 5.92 Å². The van der Waals surface area contributed by atoms with Crippen LogP contribution in [0, 0.1) is 12.8 Å². The molecule has 7 heteroatoms. The van der Waals surface area contributed by atoms with Crippen LogP contribution < -0.4 is 9.47 Å². The maximum absolute atomic E-state index is 12.8. The molecule has 1 fully saturated rings. The molecule has 1 aromatic carbocycles. The highest BCUT2D eigenvalue weighted by molar-refractivity contribution is 5.79. The van der Waals surface area contributed by atoms with Crippen molar-refractivity contribution >= 4 is 5.91 Å². The molecule has 1 aliphatic rings. The standard InChI is InChI=1S/C23H33N3O4/c1-6-26(7-2)23(27)17-9-8-12-25(14-17)15-20-16(3)30-22(24-20)19-11-10-18(28-4)13-21(19)29-5/h10-11,13,17H,6-9,12,14-15H2,1-5H3. The molecule has 0 N–H and O–H groups in total. The Morgan fingerprint density at radius 1 is 1.27 bits per heavy atom. The van der Waals surface area contributed by atoms with Gasteiger partial charge in [0.05, 0.1) is 31.4 Å². The molecule has 1 unspecified atom stereocenters. The zero-order valence-corrected chi connectivity index (χ0v) is 18.7. The van der Waals surface area contributed by atoms with Crippen LogP contribution in [0.25, 0.3) is 11.5 Å². The average Bonchev–Trinajstić information content (AvgIpc) is 3.14. The van der Waals surface area contributed by atoms with Gasteiger partial charge in [-0.25, -0.2) is 4.98 Å². The Morgan fingerprint density at radius 2 is 2.03 bits per heavy atom. The first-order valence-electron chi connectivity index (χ1n) is 10.7. The third kappa shape index (κ3) is 4.78. The number of nitrogens with zero attached hydrogens (tertiary/aromatic N) is 3. The normalized spacial score (nSPS) is 17.0. The fraction of sp³-hybridized carbons (Fsp3) is 0.565. The zero-order chi connectivity index (χ0) is 21.7. The van der Waals surface area contributed by atoms with Gasteiger partial charge in [0.15, 0.2) is 0 Å². The predicted molar refractivity (Wildman–Crippen MR) is 116 cm³/mol. The number of methoxy groups -OCH3 is 2. The number of amides is 1. The van der Waals surface area contributed by atoms with Gasteiger partial charge in [-0.15, -0.1) is 0 Å². The van der Waals surface area contributed by atoms with Crippen molar-refractivity contribution in [1.82, 2.24) is 14.8 Å². The number of aryl methyl sites for hydroxylation is 1. The predicted octanol–water partition coefficient (Wildman–Crippen LogP) is 3.75. The van der Waals surface area contributed by atoms with Gasteiger partial charge in [-0.05, 0) is 52.3 Å². The van der Waals surface area contributed by atoms with Crippen LogP contribution in [-0.2, 0) is 11.3 Å². The fourth-order valence-corrected chi connectivity index (χ4v) is 4.07. The van der Waals surface area contributed by atoms with Gasteiger partial charge < -0.3 is 18.8 Å². The molecule has 1 atom stereocenters. The largest absolute Gasteiger partial charge is 0.497 e. The van der Waals surface area contributed by atoms with Gasteiger partial charge in [0.25, 0.3) is 0 Å². The molecular formula is C23H33N3O4. The number of ether oxygens (including phenoxy) is 2. The van der Waals surface area contributed by atoms with E-state index < -0.39 is 0 Å². The molecule has 0 aliphatic carbocycles. The minimum absolute atomic E-state index is 0.0620. The summed E-state index contributed by atoms with van der Waals surface area (Å²) in [4.78, 5) is 21.8. The lowest BCUT2D eigenvalue weighted by atomic mass is 9.96. The number of carbonyl (C=O) groups excluding carboxylic acids is 1. The number of carbonyl (C=O) groups is 1. The number of piperidine rings is 1. The number of hydrogen-bond acceptors (Lipinski definition) is 6. The van der Waals surface area contributed by atoms with Crippen LogP contribution in [0.5, 0.6) is 11.5 Å². The molecule has 3 rings (SSSR count). The lowest BCUT2D eigenvalue weighted by molar-refractivity contribution is -0.137. The summed E-state index contributed by atoms with van der Waals surface area (Å²) in [5.41, 5.74) is 1.69. The van der Waals surface area contributed by atoms with E-state index in [1.165, 1.54) is 0 Å². The van der Waals surface area contributed by atoms with Crippen LogP contribution in [0.2, 0.25) is 0 Å². The molecule has 0 saturated carbocycles. The third-order valence-electron chi connectivity index (χ3n) is 5.84. The minimum atomic E-state index is 0.0620. The first-order chi connectivity index (χ1) is 14.5. The Balaban J connectivity index is 1.74. The van der Waals surface area contributed by atoms with Crippen LogP contribution in [-0.4, -0.2) is 61.1 Å². The van der Waals surface area contributed by atoms with Crippen molar-refractivity contribution in [2.45, 2.75) is 40.2 Å². The molecule has 1 aromatic heterocycles. The van der Waals surface area contributed by atoms with Gasteiger partial charge in [0, 0.05) is 32.2 Å². The van der Waals surface area contributed by atoms with E-state index >= 15 is 0 Å². The second kappa shape index (κ2) is 9.98. The molecular weight excluding hydrogens is 382 g/mol. The topological polar surface area (TPSA) is 68.0 Å². The molecule has 2 heterocycles. The second-order valence-corrected chi connectivity index (χ2v) is 7.67. The van der Waals surface area contributed by atoms with Gasteiger partial charge >= 0.3 is 0 Å². The average molecular weight is 416 g/mol. The molecule has 0 spiro atoms. The Morgan fingerprint density at radius 3 is 2.70 bits per heavy atom. The summed E-state index contributed by atoms with van der Waals surface area (Å²) in [6, 6.07) is 5.58. The van der Waals surface area contributed by atoms with Gasteiger partial charge in [0.1, 0.15) is 17.3 Å². The number of benzene rings is 1. The van der Waals surface area contributed by atoms with Crippen LogP contribution in [0.15, 0.2) is 22.6 Å². The van der Waals surface area contributed by atoms with Crippen molar-refractivity contribution in [3.8, 4) is 23.0 Å². The molecule has 1 saturated heterocycles. The first kappa shape index (κ1) is 22.2. The highest BCUT2D eigenvalue weighted by Gasteiger charge is 2.29. The van der Waals surface area contributed by atoms with Crippen LogP contribution in [0.1, 0.15) is 38.1 Å². The SMILES string of the molecule is CCN(CC)C(=O)C1CCCN(Cc2nc(-c3ccc(OC)cc3OC)oc2C)C1. The lowest BCUT2D eigenvalue weighted by Crippen LogP contribution is -2.44. The summed E-state index contributed by atoms with van der Waals surface area (Å²) in [6.45, 7) is 9.95. The molecule has 30 heavy (non-hydrogen) atoms. The zero-order valence-electron chi connectivity index (χ0n) is 18.7. The van der Waals surface area contributed by atoms with E-state index in [1.54, 1.807) is 14.2 Å². The van der Waals surface area contributed by atoms with Gasteiger partial charge in [-0.1, -0.05) is 0 Å². The van der Waals surface area contributed by atoms with Crippen LogP contribution in [0.3, 0.4) is 0 Å².